The summed E-state index contributed by atoms with van der Waals surface area (Å²) in [5.74, 6) is -0.669. The van der Waals surface area contributed by atoms with Crippen molar-refractivity contribution in [3.8, 4) is 5.75 Å². The zero-order valence-corrected chi connectivity index (χ0v) is 18.4. The predicted molar refractivity (Wildman–Crippen MR) is 126 cm³/mol. The second-order valence-corrected chi connectivity index (χ2v) is 10.1. The van der Waals surface area contributed by atoms with E-state index in [1.54, 1.807) is 54.6 Å². The lowest BCUT2D eigenvalue weighted by Gasteiger charge is -2.19. The molecule has 0 aliphatic carbocycles. The number of thiophene rings is 1. The second kappa shape index (κ2) is 7.59. The summed E-state index contributed by atoms with van der Waals surface area (Å²) in [6, 6.07) is 16.3. The molecule has 2 aromatic carbocycles. The third-order valence-electron chi connectivity index (χ3n) is 4.79. The number of hydrogen-bond acceptors (Lipinski definition) is 7. The summed E-state index contributed by atoms with van der Waals surface area (Å²) in [5.41, 5.74) is -0.436. The molecule has 0 saturated heterocycles. The third kappa shape index (κ3) is 3.38. The fourth-order valence-corrected chi connectivity index (χ4v) is 5.42. The first kappa shape index (κ1) is 20.4. The maximum absolute atomic E-state index is 13.4. The number of amidine groups is 1. The average molecular weight is 485 g/mol. The zero-order valence-electron chi connectivity index (χ0n) is 16.1. The molecule has 2 N–H and O–H groups in total. The molecule has 4 aromatic rings. The van der Waals surface area contributed by atoms with E-state index in [-0.39, 0.29) is 22.0 Å². The lowest BCUT2D eigenvalue weighted by molar-refractivity contribution is 0.478. The molecule has 160 valence electrons. The molecular weight excluding hydrogens is 472 g/mol. The highest BCUT2D eigenvalue weighted by atomic mass is 35.5. The number of benzene rings is 2. The maximum Gasteiger partial charge on any atom is 0.286 e. The molecule has 0 radical (unpaired) electrons. The van der Waals surface area contributed by atoms with Crippen molar-refractivity contribution < 1.29 is 13.5 Å². The molecule has 8 nitrogen and oxygen atoms in total. The molecule has 0 unspecified atom stereocenters. The summed E-state index contributed by atoms with van der Waals surface area (Å²) < 4.78 is 30.8. The Morgan fingerprint density at radius 3 is 2.62 bits per heavy atom. The van der Waals surface area contributed by atoms with E-state index in [4.69, 9.17) is 11.6 Å². The van der Waals surface area contributed by atoms with Gasteiger partial charge in [-0.15, -0.1) is 15.7 Å². The van der Waals surface area contributed by atoms with Crippen molar-refractivity contribution in [2.45, 2.75) is 4.90 Å². The van der Waals surface area contributed by atoms with Gasteiger partial charge in [0.25, 0.3) is 15.6 Å². The number of aromatic nitrogens is 1. The molecular formula is C21H13ClN4O4S2. The average Bonchev–Trinajstić information content (AvgIpc) is 3.18. The molecule has 0 atom stereocenters. The van der Waals surface area contributed by atoms with Crippen molar-refractivity contribution >= 4 is 61.6 Å². The van der Waals surface area contributed by atoms with E-state index in [2.05, 4.69) is 14.8 Å². The van der Waals surface area contributed by atoms with Crippen molar-refractivity contribution in [2.75, 3.05) is 5.32 Å². The fourth-order valence-electron chi connectivity index (χ4n) is 3.37. The first-order valence-electron chi connectivity index (χ1n) is 9.23. The van der Waals surface area contributed by atoms with Gasteiger partial charge in [0.05, 0.1) is 21.8 Å². The summed E-state index contributed by atoms with van der Waals surface area (Å²) in [4.78, 5) is 14.1. The molecule has 5 rings (SSSR count). The molecule has 32 heavy (non-hydrogen) atoms. The Bertz CT molecular complexity index is 1620. The number of anilines is 1. The van der Waals surface area contributed by atoms with Gasteiger partial charge in [-0.05, 0) is 36.4 Å². The number of rotatable bonds is 3. The smallest absolute Gasteiger partial charge is 0.286 e. The van der Waals surface area contributed by atoms with Crippen LogP contribution in [0.1, 0.15) is 10.4 Å². The summed E-state index contributed by atoms with van der Waals surface area (Å²) >= 11 is 7.24. The van der Waals surface area contributed by atoms with Crippen molar-refractivity contribution in [1.29, 1.82) is 0 Å². The van der Waals surface area contributed by atoms with E-state index in [0.29, 0.717) is 20.1 Å². The van der Waals surface area contributed by atoms with Crippen molar-refractivity contribution in [3.63, 3.8) is 0 Å². The maximum atomic E-state index is 13.4. The van der Waals surface area contributed by atoms with E-state index < -0.39 is 21.3 Å². The topological polar surface area (TPSA) is 113 Å². The number of para-hydroxylation sites is 2. The van der Waals surface area contributed by atoms with E-state index >= 15 is 0 Å². The molecule has 0 saturated carbocycles. The normalized spacial score (nSPS) is 14.8. The Morgan fingerprint density at radius 1 is 1.09 bits per heavy atom. The number of fused-ring (bicyclic) bond motifs is 2. The van der Waals surface area contributed by atoms with Crippen LogP contribution >= 0.6 is 22.9 Å². The molecule has 0 bridgehead atoms. The molecule has 0 amide bonds. The standard InChI is InChI=1S/C21H13ClN4O4S2/c22-17-10-9-12(31-17)11-23-26-15-7-3-1-5-13(15)19(27)18(21(26)28)20-24-14-6-2-4-8-16(14)32(29,30)25-20/h1-11,27H,(H,24,25). The lowest BCUT2D eigenvalue weighted by Crippen LogP contribution is -2.31. The Balaban J connectivity index is 1.76. The first-order valence-corrected chi connectivity index (χ1v) is 11.9. The summed E-state index contributed by atoms with van der Waals surface area (Å²) in [5, 5.41) is 18.4. The van der Waals surface area contributed by atoms with Crippen LogP contribution in [0.25, 0.3) is 10.9 Å². The van der Waals surface area contributed by atoms with Crippen LogP contribution in [0.4, 0.5) is 5.69 Å². The lowest BCUT2D eigenvalue weighted by atomic mass is 10.1. The van der Waals surface area contributed by atoms with Crippen LogP contribution in [-0.4, -0.2) is 30.3 Å². The number of aromatic hydroxyl groups is 1. The van der Waals surface area contributed by atoms with Gasteiger partial charge in [0.2, 0.25) is 0 Å². The van der Waals surface area contributed by atoms with Gasteiger partial charge in [-0.25, -0.2) is 0 Å². The Labute approximate surface area is 190 Å². The second-order valence-electron chi connectivity index (χ2n) is 6.78. The van der Waals surface area contributed by atoms with Crippen LogP contribution in [0.2, 0.25) is 4.34 Å². The highest BCUT2D eigenvalue weighted by Gasteiger charge is 2.29. The SMILES string of the molecule is O=c1c(C2=NS(=O)(=O)c3ccccc3N2)c(O)c2ccccc2n1N=Cc1ccc(Cl)s1. The minimum atomic E-state index is -4.08. The van der Waals surface area contributed by atoms with Crippen LogP contribution in [0.3, 0.4) is 0 Å². The number of nitrogens with one attached hydrogen (secondary N) is 1. The van der Waals surface area contributed by atoms with Gasteiger partial charge in [0.15, 0.2) is 5.84 Å². The quantitative estimate of drug-likeness (QED) is 0.428. The molecule has 1 aliphatic heterocycles. The van der Waals surface area contributed by atoms with E-state index in [9.17, 15) is 18.3 Å². The molecule has 1 aliphatic rings. The molecule has 11 heteroatoms. The van der Waals surface area contributed by atoms with Gasteiger partial charge in [0.1, 0.15) is 16.2 Å². The highest BCUT2D eigenvalue weighted by Crippen LogP contribution is 2.32. The first-order chi connectivity index (χ1) is 15.3. The van der Waals surface area contributed by atoms with Gasteiger partial charge in [0, 0.05) is 10.3 Å². The Kier molecular flexibility index (Phi) is 4.85. The molecule has 0 spiro atoms. The third-order valence-corrected chi connectivity index (χ3v) is 7.29. The zero-order chi connectivity index (χ0) is 22.5. The van der Waals surface area contributed by atoms with E-state index in [0.717, 1.165) is 4.68 Å². The van der Waals surface area contributed by atoms with Gasteiger partial charge in [-0.3, -0.25) is 4.79 Å². The van der Waals surface area contributed by atoms with E-state index in [1.165, 1.54) is 23.6 Å². The minimum absolute atomic E-state index is 0.0167. The number of halogens is 1. The Hall–Kier alpha value is -3.47. The summed E-state index contributed by atoms with van der Waals surface area (Å²) in [6.45, 7) is 0. The van der Waals surface area contributed by atoms with Gasteiger partial charge in [-0.1, -0.05) is 35.9 Å². The number of sulfonamides is 1. The molecule has 3 heterocycles. The highest BCUT2D eigenvalue weighted by molar-refractivity contribution is 7.90. The largest absolute Gasteiger partial charge is 0.506 e. The summed E-state index contributed by atoms with van der Waals surface area (Å²) in [6.07, 6.45) is 1.47. The van der Waals surface area contributed by atoms with Crippen LogP contribution in [0.15, 0.2) is 79.9 Å². The predicted octanol–water partition coefficient (Wildman–Crippen LogP) is 3.87. The monoisotopic (exact) mass is 484 g/mol. The van der Waals surface area contributed by atoms with Gasteiger partial charge in [-0.2, -0.15) is 18.2 Å². The number of nitrogens with zero attached hydrogens (tertiary/aromatic N) is 3. The van der Waals surface area contributed by atoms with Crippen LogP contribution in [0, 0.1) is 0 Å². The van der Waals surface area contributed by atoms with E-state index in [1.807, 2.05) is 0 Å². The van der Waals surface area contributed by atoms with Crippen molar-refractivity contribution in [1.82, 2.24) is 4.68 Å². The number of hydrogen-bond donors (Lipinski definition) is 2. The Morgan fingerprint density at radius 2 is 1.84 bits per heavy atom. The van der Waals surface area contributed by atoms with Crippen LogP contribution in [0.5, 0.6) is 5.75 Å². The van der Waals surface area contributed by atoms with Crippen LogP contribution < -0.4 is 10.9 Å². The van der Waals surface area contributed by atoms with Crippen molar-refractivity contribution in [3.05, 3.63) is 85.8 Å². The summed E-state index contributed by atoms with van der Waals surface area (Å²) in [7, 11) is -4.08. The van der Waals surface area contributed by atoms with Gasteiger partial charge < -0.3 is 10.4 Å². The van der Waals surface area contributed by atoms with Gasteiger partial charge >= 0.3 is 0 Å². The number of pyridine rings is 1. The molecule has 0 fully saturated rings. The fraction of sp³-hybridized carbons (Fsp3) is 0. The van der Waals surface area contributed by atoms with Crippen LogP contribution in [-0.2, 0) is 10.0 Å². The molecule has 2 aromatic heterocycles. The van der Waals surface area contributed by atoms with Crippen molar-refractivity contribution in [2.24, 2.45) is 9.50 Å². The minimum Gasteiger partial charge on any atom is -0.506 e.